The third-order valence-corrected chi connectivity index (χ3v) is 5.84. The molecule has 2 atom stereocenters. The Labute approximate surface area is 199 Å². The van der Waals surface area contributed by atoms with Crippen LogP contribution >= 0.6 is 0 Å². The van der Waals surface area contributed by atoms with E-state index in [0.717, 1.165) is 17.7 Å². The van der Waals surface area contributed by atoms with Crippen molar-refractivity contribution in [3.8, 4) is 23.1 Å². The lowest BCUT2D eigenvalue weighted by molar-refractivity contribution is -0.167. The molecule has 2 fully saturated rings. The first-order valence-corrected chi connectivity index (χ1v) is 11.0. The van der Waals surface area contributed by atoms with Gasteiger partial charge in [0.25, 0.3) is 5.91 Å². The Morgan fingerprint density at radius 3 is 2.71 bits per heavy atom. The van der Waals surface area contributed by atoms with E-state index in [4.69, 9.17) is 9.84 Å². The number of nitriles is 1. The summed E-state index contributed by atoms with van der Waals surface area (Å²) >= 11 is 0. The number of nitrogens with one attached hydrogen (secondary N) is 1. The van der Waals surface area contributed by atoms with Crippen molar-refractivity contribution in [2.75, 3.05) is 25.0 Å². The van der Waals surface area contributed by atoms with Gasteiger partial charge in [-0.05, 0) is 31.0 Å². The normalized spacial score (nSPS) is 20.0. The molecule has 1 aromatic carbocycles. The Balaban J connectivity index is 1.48. The number of hydrogen-bond donors (Lipinski definition) is 3. The Hall–Kier alpha value is -3.69. The monoisotopic (exact) mass is 487 g/mol. The molecular weight excluding hydrogens is 464 g/mol. The molecule has 1 aromatic heterocycles. The van der Waals surface area contributed by atoms with Crippen LogP contribution in [0.5, 0.6) is 5.75 Å². The molecule has 0 radical (unpaired) electrons. The molecule has 184 valence electrons. The molecule has 35 heavy (non-hydrogen) atoms. The van der Waals surface area contributed by atoms with Gasteiger partial charge in [-0.1, -0.05) is 0 Å². The lowest BCUT2D eigenvalue weighted by Crippen LogP contribution is -2.57. The molecular formula is C23H23F2N5O5. The molecule has 0 spiro atoms. The van der Waals surface area contributed by atoms with E-state index in [9.17, 15) is 28.7 Å². The molecule has 10 nitrogen and oxygen atoms in total. The highest BCUT2D eigenvalue weighted by molar-refractivity contribution is 5.93. The van der Waals surface area contributed by atoms with Gasteiger partial charge in [0.15, 0.2) is 12.2 Å². The van der Waals surface area contributed by atoms with Crippen LogP contribution in [-0.2, 0) is 9.59 Å². The van der Waals surface area contributed by atoms with Crippen molar-refractivity contribution in [1.82, 2.24) is 14.9 Å². The number of ether oxygens (including phenoxy) is 1. The highest BCUT2D eigenvalue weighted by atomic mass is 19.3. The van der Waals surface area contributed by atoms with E-state index < -0.39 is 37.2 Å². The number of halogens is 2. The van der Waals surface area contributed by atoms with E-state index in [1.54, 1.807) is 12.1 Å². The number of aromatic nitrogens is 2. The fourth-order valence-corrected chi connectivity index (χ4v) is 3.73. The summed E-state index contributed by atoms with van der Waals surface area (Å²) in [6.07, 6.45) is -0.632. The Morgan fingerprint density at radius 1 is 1.29 bits per heavy atom. The molecule has 0 bridgehead atoms. The van der Waals surface area contributed by atoms with Gasteiger partial charge in [-0.3, -0.25) is 9.59 Å². The quantitative estimate of drug-likeness (QED) is 0.530. The second kappa shape index (κ2) is 9.89. The number of alkyl halides is 2. The van der Waals surface area contributed by atoms with Crippen LogP contribution in [0.15, 0.2) is 30.6 Å². The van der Waals surface area contributed by atoms with Gasteiger partial charge in [-0.25, -0.2) is 18.7 Å². The molecule has 2 heterocycles. The number of anilines is 1. The standard InChI is InChI=1S/C23H23F2N5O5/c24-23(25)11-30(22(34)17(32)10-31)6-5-19(23)35-18-4-3-14(7-15(18)9-26)16-8-20(28-12-27-16)29-21(33)13-1-2-13/h3-4,7-8,12-13,17,19,31-32H,1-2,5-6,10-11H2,(H,27,28,29,33)/t17-,19-/m0/s1. The number of piperidine rings is 1. The molecule has 12 heteroatoms. The summed E-state index contributed by atoms with van der Waals surface area (Å²) < 4.78 is 34.9. The minimum Gasteiger partial charge on any atom is -0.483 e. The van der Waals surface area contributed by atoms with Crippen LogP contribution < -0.4 is 10.1 Å². The van der Waals surface area contributed by atoms with Crippen LogP contribution in [0.4, 0.5) is 14.6 Å². The smallest absolute Gasteiger partial charge is 0.301 e. The van der Waals surface area contributed by atoms with E-state index >= 15 is 0 Å². The fraction of sp³-hybridized carbons (Fsp3) is 0.435. The van der Waals surface area contributed by atoms with Gasteiger partial charge in [-0.2, -0.15) is 5.26 Å². The highest BCUT2D eigenvalue weighted by Gasteiger charge is 2.48. The van der Waals surface area contributed by atoms with E-state index in [1.165, 1.54) is 18.5 Å². The average Bonchev–Trinajstić information content (AvgIpc) is 3.70. The maximum Gasteiger partial charge on any atom is 0.301 e. The summed E-state index contributed by atoms with van der Waals surface area (Å²) in [6.45, 7) is -1.95. The number of aliphatic hydroxyl groups is 2. The Bertz CT molecular complexity index is 1170. The van der Waals surface area contributed by atoms with Gasteiger partial charge in [0, 0.05) is 30.5 Å². The Kier molecular flexibility index (Phi) is 6.90. The van der Waals surface area contributed by atoms with Crippen molar-refractivity contribution < 1.29 is 33.3 Å². The zero-order chi connectivity index (χ0) is 25.2. The van der Waals surface area contributed by atoms with Crippen LogP contribution in [-0.4, -0.2) is 74.7 Å². The lowest BCUT2D eigenvalue weighted by Gasteiger charge is -2.38. The second-order valence-electron chi connectivity index (χ2n) is 8.49. The predicted octanol–water partition coefficient (Wildman–Crippen LogP) is 1.33. The van der Waals surface area contributed by atoms with Crippen molar-refractivity contribution in [3.63, 3.8) is 0 Å². The zero-order valence-electron chi connectivity index (χ0n) is 18.5. The maximum absolute atomic E-state index is 14.7. The molecule has 2 aromatic rings. The molecule has 2 amide bonds. The number of aliphatic hydroxyl groups excluding tert-OH is 2. The molecule has 1 aliphatic heterocycles. The Morgan fingerprint density at radius 2 is 2.06 bits per heavy atom. The molecule has 4 rings (SSSR count). The van der Waals surface area contributed by atoms with E-state index in [2.05, 4.69) is 15.3 Å². The second-order valence-corrected chi connectivity index (χ2v) is 8.49. The average molecular weight is 487 g/mol. The fourth-order valence-electron chi connectivity index (χ4n) is 3.73. The number of carbonyl (C=O) groups is 2. The van der Waals surface area contributed by atoms with Crippen LogP contribution in [0.25, 0.3) is 11.3 Å². The third kappa shape index (κ3) is 5.52. The maximum atomic E-state index is 14.7. The molecule has 1 aliphatic carbocycles. The molecule has 2 aliphatic rings. The molecule has 1 saturated carbocycles. The van der Waals surface area contributed by atoms with Crippen LogP contribution in [0.3, 0.4) is 0 Å². The molecule has 1 saturated heterocycles. The number of amides is 2. The van der Waals surface area contributed by atoms with Crippen molar-refractivity contribution in [3.05, 3.63) is 36.2 Å². The summed E-state index contributed by atoms with van der Waals surface area (Å²) in [4.78, 5) is 32.9. The van der Waals surface area contributed by atoms with Gasteiger partial charge in [0.2, 0.25) is 5.91 Å². The summed E-state index contributed by atoms with van der Waals surface area (Å²) in [5.74, 6) is -4.28. The predicted molar refractivity (Wildman–Crippen MR) is 117 cm³/mol. The van der Waals surface area contributed by atoms with Crippen LogP contribution in [0, 0.1) is 17.2 Å². The largest absolute Gasteiger partial charge is 0.483 e. The van der Waals surface area contributed by atoms with Crippen LogP contribution in [0.2, 0.25) is 0 Å². The minimum atomic E-state index is -3.45. The van der Waals surface area contributed by atoms with Gasteiger partial charge in [0.05, 0.1) is 24.4 Å². The molecule has 3 N–H and O–H groups in total. The summed E-state index contributed by atoms with van der Waals surface area (Å²) in [7, 11) is 0. The number of rotatable bonds is 7. The van der Waals surface area contributed by atoms with Gasteiger partial charge in [0.1, 0.15) is 24.0 Å². The summed E-state index contributed by atoms with van der Waals surface area (Å²) in [5.41, 5.74) is 0.937. The number of nitrogens with zero attached hydrogens (tertiary/aromatic N) is 4. The first kappa shape index (κ1) is 24.4. The van der Waals surface area contributed by atoms with Crippen molar-refractivity contribution in [2.24, 2.45) is 5.92 Å². The topological polar surface area (TPSA) is 149 Å². The van der Waals surface area contributed by atoms with Gasteiger partial charge < -0.3 is 25.2 Å². The van der Waals surface area contributed by atoms with Gasteiger partial charge in [-0.15, -0.1) is 0 Å². The number of hydrogen-bond acceptors (Lipinski definition) is 8. The first-order chi connectivity index (χ1) is 16.7. The zero-order valence-corrected chi connectivity index (χ0v) is 18.5. The van der Waals surface area contributed by atoms with Gasteiger partial charge >= 0.3 is 5.92 Å². The van der Waals surface area contributed by atoms with Crippen LogP contribution in [0.1, 0.15) is 24.8 Å². The number of carbonyl (C=O) groups excluding carboxylic acids is 2. The van der Waals surface area contributed by atoms with Crippen molar-refractivity contribution in [2.45, 2.75) is 37.4 Å². The first-order valence-electron chi connectivity index (χ1n) is 11.0. The van der Waals surface area contributed by atoms with E-state index in [1.807, 2.05) is 6.07 Å². The van der Waals surface area contributed by atoms with Crippen molar-refractivity contribution >= 4 is 17.6 Å². The van der Waals surface area contributed by atoms with Crippen molar-refractivity contribution in [1.29, 1.82) is 5.26 Å². The SMILES string of the molecule is N#Cc1cc(-c2cc(NC(=O)C3CC3)ncn2)ccc1O[C@H]1CCN(C(=O)[C@@H](O)CO)CC1(F)F. The minimum absolute atomic E-state index is 0.00194. The third-order valence-electron chi connectivity index (χ3n) is 5.84. The number of benzene rings is 1. The van der Waals surface area contributed by atoms with E-state index in [0.29, 0.717) is 17.1 Å². The summed E-state index contributed by atoms with van der Waals surface area (Å²) in [6, 6.07) is 7.88. The molecule has 0 unspecified atom stereocenters. The van der Waals surface area contributed by atoms with E-state index in [-0.39, 0.29) is 36.1 Å². The summed E-state index contributed by atoms with van der Waals surface area (Å²) in [5, 5.41) is 30.6. The highest BCUT2D eigenvalue weighted by Crippen LogP contribution is 2.34. The lowest BCUT2D eigenvalue weighted by atomic mass is 10.0. The number of likely N-dealkylation sites (tertiary alicyclic amines) is 1.